The normalized spacial score (nSPS) is 27.7. The molecule has 4 rings (SSSR count). The number of fused-ring (bicyclic) bond motifs is 3. The summed E-state index contributed by atoms with van der Waals surface area (Å²) in [5.41, 5.74) is 0.968. The molecule has 1 aromatic heterocycles. The maximum atomic E-state index is 11.3. The maximum absolute atomic E-state index is 11.3. The van der Waals surface area contributed by atoms with Crippen LogP contribution in [-0.2, 0) is 17.8 Å². The summed E-state index contributed by atoms with van der Waals surface area (Å²) in [5.74, 6) is 1.20. The first kappa shape index (κ1) is 14.7. The van der Waals surface area contributed by atoms with Gasteiger partial charge in [0, 0.05) is 26.1 Å². The summed E-state index contributed by atoms with van der Waals surface area (Å²) in [6.45, 7) is 2.44. The third-order valence-corrected chi connectivity index (χ3v) is 5.17. The van der Waals surface area contributed by atoms with Gasteiger partial charge in [0.25, 0.3) is 0 Å². The SMILES string of the molecule is O=C(O)[C@@H]1CCCN([C@H]2N=CNc3c2nc2n3CCCCC2)C1. The molecule has 1 saturated heterocycles. The van der Waals surface area contributed by atoms with Crippen LogP contribution in [0.2, 0.25) is 0 Å². The molecule has 1 aromatic rings. The second-order valence-electron chi connectivity index (χ2n) is 6.69. The standard InChI is InChI=1S/C16H23N5O2/c22-16(23)11-5-4-7-20(9-11)14-13-15(18-10-17-14)21-8-3-1-2-6-12(21)19-13/h10-11,14H,1-9H2,(H,17,18)(H,22,23)/t11-,14-/m1/s1. The van der Waals surface area contributed by atoms with Crippen LogP contribution in [0.25, 0.3) is 0 Å². The second kappa shape index (κ2) is 5.96. The summed E-state index contributed by atoms with van der Waals surface area (Å²) in [4.78, 5) is 23.0. The van der Waals surface area contributed by atoms with Crippen LogP contribution >= 0.6 is 0 Å². The van der Waals surface area contributed by atoms with Gasteiger partial charge in [0.15, 0.2) is 6.17 Å². The first-order valence-corrected chi connectivity index (χ1v) is 8.58. The number of carbonyl (C=O) groups is 1. The van der Waals surface area contributed by atoms with Crippen LogP contribution in [-0.4, -0.2) is 45.0 Å². The zero-order valence-electron chi connectivity index (χ0n) is 13.2. The maximum Gasteiger partial charge on any atom is 0.307 e. The Morgan fingerprint density at radius 3 is 3.04 bits per heavy atom. The molecule has 2 N–H and O–H groups in total. The lowest BCUT2D eigenvalue weighted by Gasteiger charge is -2.35. The highest BCUT2D eigenvalue weighted by molar-refractivity contribution is 5.78. The Kier molecular flexibility index (Phi) is 3.80. The Hall–Kier alpha value is -1.89. The van der Waals surface area contributed by atoms with E-state index < -0.39 is 5.97 Å². The number of nitrogens with one attached hydrogen (secondary N) is 1. The van der Waals surface area contributed by atoms with Crippen molar-refractivity contribution in [3.05, 3.63) is 11.5 Å². The monoisotopic (exact) mass is 317 g/mol. The molecule has 7 heteroatoms. The van der Waals surface area contributed by atoms with Crippen molar-refractivity contribution in [3.8, 4) is 0 Å². The Labute approximate surface area is 135 Å². The second-order valence-corrected chi connectivity index (χ2v) is 6.69. The quantitative estimate of drug-likeness (QED) is 0.870. The van der Waals surface area contributed by atoms with Crippen LogP contribution < -0.4 is 5.32 Å². The number of aliphatic carboxylic acids is 1. The van der Waals surface area contributed by atoms with Crippen LogP contribution in [0.5, 0.6) is 0 Å². The molecule has 7 nitrogen and oxygen atoms in total. The van der Waals surface area contributed by atoms with E-state index in [0.29, 0.717) is 6.54 Å². The highest BCUT2D eigenvalue weighted by atomic mass is 16.4. The van der Waals surface area contributed by atoms with Gasteiger partial charge in [-0.05, 0) is 25.7 Å². The number of carboxylic acid groups (broad SMARTS) is 1. The van der Waals surface area contributed by atoms with Gasteiger partial charge in [-0.1, -0.05) is 6.42 Å². The summed E-state index contributed by atoms with van der Waals surface area (Å²) < 4.78 is 2.29. The van der Waals surface area contributed by atoms with E-state index in [1.807, 2.05) is 0 Å². The van der Waals surface area contributed by atoms with E-state index in [4.69, 9.17) is 4.98 Å². The number of likely N-dealkylation sites (tertiary alicyclic amines) is 1. The van der Waals surface area contributed by atoms with Crippen LogP contribution in [0.4, 0.5) is 5.82 Å². The van der Waals surface area contributed by atoms with Crippen molar-refractivity contribution < 1.29 is 9.90 Å². The molecule has 2 atom stereocenters. The van der Waals surface area contributed by atoms with Crippen molar-refractivity contribution in [2.45, 2.75) is 51.2 Å². The number of hydrogen-bond donors (Lipinski definition) is 2. The molecule has 0 amide bonds. The van der Waals surface area contributed by atoms with Crippen molar-refractivity contribution in [2.24, 2.45) is 10.9 Å². The molecule has 4 heterocycles. The zero-order chi connectivity index (χ0) is 15.8. The number of hydrogen-bond acceptors (Lipinski definition) is 5. The van der Waals surface area contributed by atoms with E-state index in [0.717, 1.165) is 49.7 Å². The van der Waals surface area contributed by atoms with Crippen LogP contribution in [0.15, 0.2) is 4.99 Å². The fourth-order valence-electron chi connectivity index (χ4n) is 3.95. The van der Waals surface area contributed by atoms with E-state index in [9.17, 15) is 9.90 Å². The van der Waals surface area contributed by atoms with Crippen LogP contribution in [0.3, 0.4) is 0 Å². The lowest BCUT2D eigenvalue weighted by molar-refractivity contribution is -0.143. The van der Waals surface area contributed by atoms with E-state index in [1.165, 1.54) is 19.3 Å². The lowest BCUT2D eigenvalue weighted by atomic mass is 9.97. The van der Waals surface area contributed by atoms with Gasteiger partial charge >= 0.3 is 5.97 Å². The Bertz CT molecular complexity index is 639. The van der Waals surface area contributed by atoms with Gasteiger partial charge in [-0.2, -0.15) is 0 Å². The van der Waals surface area contributed by atoms with Gasteiger partial charge in [-0.25, -0.2) is 9.98 Å². The highest BCUT2D eigenvalue weighted by Gasteiger charge is 2.35. The van der Waals surface area contributed by atoms with E-state index in [2.05, 4.69) is 19.8 Å². The summed E-state index contributed by atoms with van der Waals surface area (Å²) in [6, 6.07) is 0. The van der Waals surface area contributed by atoms with Crippen molar-refractivity contribution in [2.75, 3.05) is 18.4 Å². The lowest BCUT2D eigenvalue weighted by Crippen LogP contribution is -2.41. The fraction of sp³-hybridized carbons (Fsp3) is 0.688. The molecular weight excluding hydrogens is 294 g/mol. The average Bonchev–Trinajstić information content (AvgIpc) is 2.76. The van der Waals surface area contributed by atoms with Crippen molar-refractivity contribution in [3.63, 3.8) is 0 Å². The number of piperidine rings is 1. The molecule has 0 radical (unpaired) electrons. The minimum Gasteiger partial charge on any atom is -0.481 e. The number of aliphatic imine (C=N–C) groups is 1. The summed E-state index contributed by atoms with van der Waals surface area (Å²) in [7, 11) is 0. The highest BCUT2D eigenvalue weighted by Crippen LogP contribution is 2.35. The van der Waals surface area contributed by atoms with E-state index in [1.54, 1.807) is 6.34 Å². The van der Waals surface area contributed by atoms with Gasteiger partial charge in [-0.3, -0.25) is 9.69 Å². The van der Waals surface area contributed by atoms with Crippen LogP contribution in [0, 0.1) is 5.92 Å². The minimum absolute atomic E-state index is 0.146. The molecule has 3 aliphatic heterocycles. The van der Waals surface area contributed by atoms with Gasteiger partial charge in [0.2, 0.25) is 0 Å². The van der Waals surface area contributed by atoms with Crippen molar-refractivity contribution in [1.29, 1.82) is 0 Å². The molecule has 0 unspecified atom stereocenters. The van der Waals surface area contributed by atoms with Gasteiger partial charge in [-0.15, -0.1) is 0 Å². The first-order chi connectivity index (χ1) is 11.2. The topological polar surface area (TPSA) is 82.8 Å². The number of anilines is 1. The number of rotatable bonds is 2. The number of imidazole rings is 1. The van der Waals surface area contributed by atoms with E-state index in [-0.39, 0.29) is 12.1 Å². The molecule has 0 saturated carbocycles. The van der Waals surface area contributed by atoms with Gasteiger partial charge < -0.3 is 15.0 Å². The Morgan fingerprint density at radius 1 is 1.26 bits per heavy atom. The largest absolute Gasteiger partial charge is 0.481 e. The van der Waals surface area contributed by atoms with Gasteiger partial charge in [0.1, 0.15) is 17.3 Å². The van der Waals surface area contributed by atoms with Gasteiger partial charge in [0.05, 0.1) is 12.3 Å². The number of aryl methyl sites for hydroxylation is 1. The smallest absolute Gasteiger partial charge is 0.307 e. The zero-order valence-corrected chi connectivity index (χ0v) is 13.2. The fourth-order valence-corrected chi connectivity index (χ4v) is 3.95. The first-order valence-electron chi connectivity index (χ1n) is 8.58. The molecule has 0 bridgehead atoms. The predicted molar refractivity (Wildman–Crippen MR) is 86.6 cm³/mol. The summed E-state index contributed by atoms with van der Waals surface area (Å²) in [5, 5.41) is 12.6. The van der Waals surface area contributed by atoms with E-state index >= 15 is 0 Å². The number of nitrogens with zero attached hydrogens (tertiary/aromatic N) is 4. The predicted octanol–water partition coefficient (Wildman–Crippen LogP) is 1.86. The molecule has 0 aliphatic carbocycles. The molecule has 3 aliphatic rings. The molecule has 0 spiro atoms. The number of carboxylic acids is 1. The number of aromatic nitrogens is 2. The molecule has 23 heavy (non-hydrogen) atoms. The Morgan fingerprint density at radius 2 is 2.17 bits per heavy atom. The Balaban J connectivity index is 1.63. The molecule has 1 fully saturated rings. The van der Waals surface area contributed by atoms with Crippen molar-refractivity contribution >= 4 is 18.1 Å². The van der Waals surface area contributed by atoms with Crippen LogP contribution in [0.1, 0.15) is 49.8 Å². The third kappa shape index (κ3) is 2.63. The molecule has 0 aromatic carbocycles. The summed E-state index contributed by atoms with van der Waals surface area (Å²) >= 11 is 0. The minimum atomic E-state index is -0.701. The average molecular weight is 317 g/mol. The molecular formula is C16H23N5O2. The van der Waals surface area contributed by atoms with Crippen molar-refractivity contribution in [1.82, 2.24) is 14.5 Å². The summed E-state index contributed by atoms with van der Waals surface area (Å²) in [6.07, 6.45) is 7.90. The molecule has 124 valence electrons. The third-order valence-electron chi connectivity index (χ3n) is 5.17.